The average Bonchev–Trinajstić information content (AvgIpc) is 2.33. The molecule has 0 saturated carbocycles. The van der Waals surface area contributed by atoms with Crippen molar-refractivity contribution < 1.29 is 4.79 Å². The normalized spacial score (nSPS) is 9.73. The van der Waals surface area contributed by atoms with E-state index in [2.05, 4.69) is 4.98 Å². The van der Waals surface area contributed by atoms with Crippen LogP contribution in [0.5, 0.6) is 0 Å². The van der Waals surface area contributed by atoms with Crippen molar-refractivity contribution in [1.82, 2.24) is 9.99 Å². The van der Waals surface area contributed by atoms with Crippen LogP contribution in [0.15, 0.2) is 5.51 Å². The Hall–Kier alpha value is -0.940. The lowest BCUT2D eigenvalue weighted by Gasteiger charge is -2.07. The van der Waals surface area contributed by atoms with E-state index in [1.165, 1.54) is 18.4 Å². The van der Waals surface area contributed by atoms with Crippen LogP contribution in [0.4, 0.5) is 0 Å². The smallest absolute Gasteiger partial charge is 0.278 e. The Balaban J connectivity index is 2.93. The molecule has 0 spiro atoms. The molecule has 1 aromatic rings. The van der Waals surface area contributed by atoms with Gasteiger partial charge in [-0.25, -0.2) is 10.8 Å². The van der Waals surface area contributed by atoms with Crippen LogP contribution >= 0.6 is 11.3 Å². The first-order valence-corrected chi connectivity index (χ1v) is 3.93. The molecule has 60 valence electrons. The molecule has 2 N–H and O–H groups in total. The molecule has 0 bridgehead atoms. The Bertz CT molecular complexity index is 269. The predicted molar refractivity (Wildman–Crippen MR) is 43.1 cm³/mol. The Morgan fingerprint density at radius 3 is 2.82 bits per heavy atom. The Morgan fingerprint density at radius 2 is 2.45 bits per heavy atom. The van der Waals surface area contributed by atoms with Crippen molar-refractivity contribution in [2.24, 2.45) is 5.84 Å². The zero-order valence-corrected chi connectivity index (χ0v) is 7.18. The van der Waals surface area contributed by atoms with Gasteiger partial charge in [0.25, 0.3) is 5.91 Å². The number of hydrazine groups is 1. The van der Waals surface area contributed by atoms with Crippen molar-refractivity contribution in [3.05, 3.63) is 16.1 Å². The zero-order chi connectivity index (χ0) is 8.43. The summed E-state index contributed by atoms with van der Waals surface area (Å²) in [5.41, 5.74) is 2.08. The van der Waals surface area contributed by atoms with Gasteiger partial charge in [-0.3, -0.25) is 9.80 Å². The summed E-state index contributed by atoms with van der Waals surface area (Å²) in [5, 5.41) is 1.03. The van der Waals surface area contributed by atoms with Gasteiger partial charge in [0.15, 0.2) is 0 Å². The number of carbonyl (C=O) groups is 1. The van der Waals surface area contributed by atoms with Crippen LogP contribution in [0.1, 0.15) is 15.4 Å². The van der Waals surface area contributed by atoms with Crippen molar-refractivity contribution in [2.45, 2.75) is 6.92 Å². The van der Waals surface area contributed by atoms with E-state index in [0.29, 0.717) is 5.69 Å². The van der Waals surface area contributed by atoms with Crippen LogP contribution in [0.3, 0.4) is 0 Å². The van der Waals surface area contributed by atoms with Crippen LogP contribution in [0.2, 0.25) is 0 Å². The highest BCUT2D eigenvalue weighted by Gasteiger charge is 2.13. The van der Waals surface area contributed by atoms with E-state index in [1.54, 1.807) is 5.51 Å². The maximum Gasteiger partial charge on any atom is 0.287 e. The highest BCUT2D eigenvalue weighted by Crippen LogP contribution is 2.11. The third-order valence-corrected chi connectivity index (χ3v) is 2.03. The lowest BCUT2D eigenvalue weighted by molar-refractivity contribution is 0.0789. The number of nitrogens with zero attached hydrogens (tertiary/aromatic N) is 2. The first-order valence-electron chi connectivity index (χ1n) is 3.05. The number of aryl methyl sites for hydroxylation is 1. The second-order valence-electron chi connectivity index (χ2n) is 2.17. The van der Waals surface area contributed by atoms with Crippen molar-refractivity contribution in [2.75, 3.05) is 7.05 Å². The molecule has 1 aromatic heterocycles. The minimum absolute atomic E-state index is 0.247. The van der Waals surface area contributed by atoms with Gasteiger partial charge in [-0.1, -0.05) is 0 Å². The van der Waals surface area contributed by atoms with Gasteiger partial charge in [-0.05, 0) is 6.92 Å². The lowest BCUT2D eigenvalue weighted by atomic mass is 10.3. The van der Waals surface area contributed by atoms with Gasteiger partial charge >= 0.3 is 0 Å². The van der Waals surface area contributed by atoms with Crippen LogP contribution < -0.4 is 5.84 Å². The van der Waals surface area contributed by atoms with E-state index in [0.717, 1.165) is 9.89 Å². The lowest BCUT2D eigenvalue weighted by Crippen LogP contribution is -2.33. The second-order valence-corrected chi connectivity index (χ2v) is 3.23. The molecule has 0 aliphatic carbocycles. The average molecular weight is 171 g/mol. The van der Waals surface area contributed by atoms with Gasteiger partial charge in [0.1, 0.15) is 5.69 Å². The molecule has 0 aliphatic heterocycles. The summed E-state index contributed by atoms with van der Waals surface area (Å²) in [4.78, 5) is 16.0. The maximum absolute atomic E-state index is 11.2. The third kappa shape index (κ3) is 1.55. The maximum atomic E-state index is 11.2. The predicted octanol–water partition coefficient (Wildman–Crippen LogP) is 0.397. The molecular formula is C6H9N3OS. The molecule has 5 heteroatoms. The standard InChI is InChI=1S/C6H9N3OS/c1-4-5(8-3-11-4)6(10)9(2)7/h3H,7H2,1-2H3. The highest BCUT2D eigenvalue weighted by molar-refractivity contribution is 7.09. The number of carbonyl (C=O) groups excluding carboxylic acids is 1. The summed E-state index contributed by atoms with van der Waals surface area (Å²) in [6.45, 7) is 1.84. The fourth-order valence-corrected chi connectivity index (χ4v) is 1.25. The summed E-state index contributed by atoms with van der Waals surface area (Å²) >= 11 is 1.44. The Morgan fingerprint density at radius 1 is 1.82 bits per heavy atom. The fraction of sp³-hybridized carbons (Fsp3) is 0.333. The summed E-state index contributed by atoms with van der Waals surface area (Å²) in [6.07, 6.45) is 0. The number of nitrogens with two attached hydrogens (primary N) is 1. The van der Waals surface area contributed by atoms with E-state index in [-0.39, 0.29) is 5.91 Å². The van der Waals surface area contributed by atoms with Gasteiger partial charge in [0.05, 0.1) is 5.51 Å². The van der Waals surface area contributed by atoms with E-state index in [1.807, 2.05) is 6.92 Å². The van der Waals surface area contributed by atoms with Crippen molar-refractivity contribution >= 4 is 17.2 Å². The molecule has 0 fully saturated rings. The number of thiazole rings is 1. The largest absolute Gasteiger partial charge is 0.287 e. The summed E-state index contributed by atoms with van der Waals surface area (Å²) in [6, 6.07) is 0. The minimum Gasteiger partial charge on any atom is -0.278 e. The molecule has 0 radical (unpaired) electrons. The van der Waals surface area contributed by atoms with Crippen LogP contribution in [-0.2, 0) is 0 Å². The molecule has 0 saturated heterocycles. The summed E-state index contributed by atoms with van der Waals surface area (Å²) in [7, 11) is 1.50. The third-order valence-electron chi connectivity index (χ3n) is 1.27. The molecule has 1 heterocycles. The number of aromatic nitrogens is 1. The van der Waals surface area contributed by atoms with E-state index >= 15 is 0 Å². The van der Waals surface area contributed by atoms with E-state index < -0.39 is 0 Å². The topological polar surface area (TPSA) is 59.2 Å². The van der Waals surface area contributed by atoms with Crippen LogP contribution in [-0.4, -0.2) is 22.9 Å². The minimum atomic E-state index is -0.247. The molecule has 4 nitrogen and oxygen atoms in total. The van der Waals surface area contributed by atoms with Crippen molar-refractivity contribution in [1.29, 1.82) is 0 Å². The molecule has 0 aromatic carbocycles. The number of hydrogen-bond donors (Lipinski definition) is 1. The van der Waals surface area contributed by atoms with Gasteiger partial charge in [-0.15, -0.1) is 11.3 Å². The SMILES string of the molecule is Cc1scnc1C(=O)N(C)N. The number of amides is 1. The Kier molecular flexibility index (Phi) is 2.21. The molecule has 0 atom stereocenters. The highest BCUT2D eigenvalue weighted by atomic mass is 32.1. The van der Waals surface area contributed by atoms with Crippen molar-refractivity contribution in [3.8, 4) is 0 Å². The van der Waals surface area contributed by atoms with Gasteiger partial charge in [0, 0.05) is 11.9 Å². The summed E-state index contributed by atoms with van der Waals surface area (Å²) in [5.74, 6) is 5.00. The first-order chi connectivity index (χ1) is 5.13. The monoisotopic (exact) mass is 171 g/mol. The molecule has 0 aliphatic rings. The van der Waals surface area contributed by atoms with Gasteiger partial charge in [-0.2, -0.15) is 0 Å². The van der Waals surface area contributed by atoms with Crippen LogP contribution in [0, 0.1) is 6.92 Å². The number of rotatable bonds is 1. The zero-order valence-electron chi connectivity index (χ0n) is 6.37. The van der Waals surface area contributed by atoms with Crippen molar-refractivity contribution in [3.63, 3.8) is 0 Å². The fourth-order valence-electron chi connectivity index (χ4n) is 0.678. The van der Waals surface area contributed by atoms with Gasteiger partial charge < -0.3 is 0 Å². The second kappa shape index (κ2) is 2.98. The Labute approximate surface area is 68.6 Å². The first kappa shape index (κ1) is 8.16. The summed E-state index contributed by atoms with van der Waals surface area (Å²) < 4.78 is 0. The molecule has 1 rings (SSSR count). The quantitative estimate of drug-likeness (QED) is 0.378. The molecule has 0 unspecified atom stereocenters. The number of hydrogen-bond acceptors (Lipinski definition) is 4. The van der Waals surface area contributed by atoms with E-state index in [4.69, 9.17) is 5.84 Å². The molecule has 1 amide bonds. The van der Waals surface area contributed by atoms with E-state index in [9.17, 15) is 4.79 Å². The van der Waals surface area contributed by atoms with Gasteiger partial charge in [0.2, 0.25) is 0 Å². The molecular weight excluding hydrogens is 162 g/mol. The molecule has 11 heavy (non-hydrogen) atoms. The van der Waals surface area contributed by atoms with Crippen LogP contribution in [0.25, 0.3) is 0 Å².